The van der Waals surface area contributed by atoms with Gasteiger partial charge in [0.05, 0.1) is 5.41 Å². The average Bonchev–Trinajstić information content (AvgIpc) is 3.46. The second-order valence-corrected chi connectivity index (χ2v) is 9.70. The van der Waals surface area contributed by atoms with Crippen LogP contribution in [0.25, 0.3) is 6.08 Å². The molecule has 1 aliphatic carbocycles. The van der Waals surface area contributed by atoms with E-state index < -0.39 is 11.4 Å². The minimum atomic E-state index is -0.682. The summed E-state index contributed by atoms with van der Waals surface area (Å²) in [6, 6.07) is 10.7. The lowest BCUT2D eigenvalue weighted by atomic mass is 9.87. The molecule has 1 aromatic rings. The van der Waals surface area contributed by atoms with Crippen molar-refractivity contribution in [1.82, 2.24) is 4.90 Å². The van der Waals surface area contributed by atoms with E-state index in [9.17, 15) is 9.90 Å². The van der Waals surface area contributed by atoms with E-state index >= 15 is 0 Å². The van der Waals surface area contributed by atoms with Crippen molar-refractivity contribution in [2.24, 2.45) is 23.2 Å². The first-order valence-corrected chi connectivity index (χ1v) is 11.0. The number of aliphatic carboxylic acids is 1. The van der Waals surface area contributed by atoms with Gasteiger partial charge in [-0.3, -0.25) is 4.79 Å². The van der Waals surface area contributed by atoms with E-state index in [1.54, 1.807) is 5.57 Å². The Bertz CT molecular complexity index is 671. The molecule has 2 aliphatic rings. The van der Waals surface area contributed by atoms with Crippen LogP contribution in [0.5, 0.6) is 0 Å². The van der Waals surface area contributed by atoms with Crippen LogP contribution in [-0.4, -0.2) is 35.6 Å². The predicted octanol–water partition coefficient (Wildman–Crippen LogP) is 5.72. The van der Waals surface area contributed by atoms with Crippen LogP contribution in [0, 0.1) is 23.2 Å². The van der Waals surface area contributed by atoms with E-state index in [2.05, 4.69) is 48.2 Å². The number of carboxylic acid groups (broad SMARTS) is 1. The van der Waals surface area contributed by atoms with Gasteiger partial charge in [0, 0.05) is 0 Å². The van der Waals surface area contributed by atoms with E-state index in [-0.39, 0.29) is 0 Å². The van der Waals surface area contributed by atoms with Crippen LogP contribution in [0.2, 0.25) is 0 Å². The highest BCUT2D eigenvalue weighted by Crippen LogP contribution is 2.48. The minimum Gasteiger partial charge on any atom is -0.481 e. The zero-order chi connectivity index (χ0) is 20.1. The Labute approximate surface area is 170 Å². The van der Waals surface area contributed by atoms with Gasteiger partial charge in [-0.25, -0.2) is 0 Å². The fourth-order valence-electron chi connectivity index (χ4n) is 4.54. The van der Waals surface area contributed by atoms with Crippen LogP contribution < -0.4 is 0 Å². The van der Waals surface area contributed by atoms with Crippen LogP contribution in [0.4, 0.5) is 0 Å². The Kier molecular flexibility index (Phi) is 6.98. The number of likely N-dealkylation sites (tertiary alicyclic amines) is 1. The van der Waals surface area contributed by atoms with Crippen molar-refractivity contribution >= 4 is 12.0 Å². The van der Waals surface area contributed by atoms with Crippen molar-refractivity contribution in [3.63, 3.8) is 0 Å². The number of carboxylic acids is 1. The number of hydrogen-bond donors (Lipinski definition) is 1. The molecule has 1 saturated carbocycles. The van der Waals surface area contributed by atoms with Crippen molar-refractivity contribution in [2.75, 3.05) is 19.6 Å². The Morgan fingerprint density at radius 3 is 2.50 bits per heavy atom. The summed E-state index contributed by atoms with van der Waals surface area (Å²) in [6.07, 6.45) is 9.78. The van der Waals surface area contributed by atoms with Crippen LogP contribution in [0.15, 0.2) is 35.9 Å². The number of rotatable bonds is 9. The maximum absolute atomic E-state index is 11.3. The van der Waals surface area contributed by atoms with E-state index in [4.69, 9.17) is 0 Å². The third kappa shape index (κ3) is 5.94. The molecule has 3 heteroatoms. The molecule has 154 valence electrons. The van der Waals surface area contributed by atoms with Gasteiger partial charge < -0.3 is 10.0 Å². The van der Waals surface area contributed by atoms with Gasteiger partial charge in [-0.2, -0.15) is 0 Å². The lowest BCUT2D eigenvalue weighted by molar-refractivity contribution is -0.147. The van der Waals surface area contributed by atoms with Crippen molar-refractivity contribution in [3.05, 3.63) is 41.5 Å². The zero-order valence-electron chi connectivity index (χ0n) is 17.9. The van der Waals surface area contributed by atoms with E-state index in [0.717, 1.165) is 43.8 Å². The number of hydrogen-bond acceptors (Lipinski definition) is 2. The van der Waals surface area contributed by atoms with Gasteiger partial charge >= 0.3 is 5.97 Å². The number of carbonyl (C=O) groups is 1. The third-order valence-corrected chi connectivity index (χ3v) is 6.99. The summed E-state index contributed by atoms with van der Waals surface area (Å²) in [5, 5.41) is 9.26. The number of piperidine rings is 1. The Morgan fingerprint density at radius 2 is 1.86 bits per heavy atom. The second-order valence-electron chi connectivity index (χ2n) is 9.70. The van der Waals surface area contributed by atoms with Crippen molar-refractivity contribution in [2.45, 2.75) is 59.3 Å². The van der Waals surface area contributed by atoms with E-state index in [1.165, 1.54) is 37.7 Å². The molecule has 1 heterocycles. The zero-order valence-corrected chi connectivity index (χ0v) is 17.9. The molecule has 2 atom stereocenters. The molecule has 1 aromatic carbocycles. The minimum absolute atomic E-state index is 0.608. The van der Waals surface area contributed by atoms with Crippen LogP contribution in [0.3, 0.4) is 0 Å². The highest BCUT2D eigenvalue weighted by Gasteiger charge is 2.38. The maximum atomic E-state index is 11.3. The smallest absolute Gasteiger partial charge is 0.309 e. The topological polar surface area (TPSA) is 40.5 Å². The molecular weight excluding hydrogens is 346 g/mol. The molecular formula is C25H37NO2. The summed E-state index contributed by atoms with van der Waals surface area (Å²) in [6.45, 7) is 9.17. The molecule has 1 saturated heterocycles. The summed E-state index contributed by atoms with van der Waals surface area (Å²) in [5.74, 6) is 1.88. The Hall–Kier alpha value is -1.61. The maximum Gasteiger partial charge on any atom is 0.309 e. The SMILES string of the molecule is C/C(=C\c1ccccc1)C1CC1CCC1CCN(CCC(C)(C)C(=O)O)CC1. The lowest BCUT2D eigenvalue weighted by Crippen LogP contribution is -2.37. The lowest BCUT2D eigenvalue weighted by Gasteiger charge is -2.33. The fourth-order valence-corrected chi connectivity index (χ4v) is 4.54. The average molecular weight is 384 g/mol. The molecule has 0 amide bonds. The first-order valence-electron chi connectivity index (χ1n) is 11.0. The summed E-state index contributed by atoms with van der Waals surface area (Å²) in [7, 11) is 0. The van der Waals surface area contributed by atoms with Gasteiger partial charge in [0.25, 0.3) is 0 Å². The van der Waals surface area contributed by atoms with Gasteiger partial charge in [-0.05, 0) is 95.8 Å². The molecule has 2 unspecified atom stereocenters. The fraction of sp³-hybridized carbons (Fsp3) is 0.640. The molecule has 1 N–H and O–H groups in total. The quantitative estimate of drug-likeness (QED) is 0.593. The first-order chi connectivity index (χ1) is 13.3. The molecule has 28 heavy (non-hydrogen) atoms. The summed E-state index contributed by atoms with van der Waals surface area (Å²) >= 11 is 0. The van der Waals surface area contributed by atoms with Crippen LogP contribution >= 0.6 is 0 Å². The molecule has 1 aliphatic heterocycles. The number of benzene rings is 1. The third-order valence-electron chi connectivity index (χ3n) is 6.99. The van der Waals surface area contributed by atoms with E-state index in [0.29, 0.717) is 0 Å². The molecule has 2 fully saturated rings. The van der Waals surface area contributed by atoms with Crippen molar-refractivity contribution < 1.29 is 9.90 Å². The highest BCUT2D eigenvalue weighted by atomic mass is 16.4. The Morgan fingerprint density at radius 1 is 1.18 bits per heavy atom. The molecule has 0 aromatic heterocycles. The Balaban J connectivity index is 1.33. The number of allylic oxidation sites excluding steroid dienone is 1. The summed E-state index contributed by atoms with van der Waals surface area (Å²) in [5.41, 5.74) is 2.26. The predicted molar refractivity (Wildman–Crippen MR) is 116 cm³/mol. The second kappa shape index (κ2) is 9.26. The molecule has 3 rings (SSSR count). The van der Waals surface area contributed by atoms with E-state index in [1.807, 2.05) is 13.8 Å². The van der Waals surface area contributed by atoms with Gasteiger partial charge in [0.2, 0.25) is 0 Å². The molecule has 3 nitrogen and oxygen atoms in total. The first kappa shape index (κ1) is 21.1. The summed E-state index contributed by atoms with van der Waals surface area (Å²) < 4.78 is 0. The van der Waals surface area contributed by atoms with Gasteiger partial charge in [-0.15, -0.1) is 0 Å². The van der Waals surface area contributed by atoms with Crippen molar-refractivity contribution in [3.8, 4) is 0 Å². The monoisotopic (exact) mass is 383 g/mol. The summed E-state index contributed by atoms with van der Waals surface area (Å²) in [4.78, 5) is 13.7. The largest absolute Gasteiger partial charge is 0.481 e. The highest BCUT2D eigenvalue weighted by molar-refractivity contribution is 5.73. The van der Waals surface area contributed by atoms with Crippen LogP contribution in [-0.2, 0) is 4.79 Å². The normalized spacial score (nSPS) is 24.3. The van der Waals surface area contributed by atoms with Gasteiger partial charge in [0.15, 0.2) is 0 Å². The van der Waals surface area contributed by atoms with Crippen LogP contribution in [0.1, 0.15) is 64.9 Å². The van der Waals surface area contributed by atoms with Gasteiger partial charge in [0.1, 0.15) is 0 Å². The van der Waals surface area contributed by atoms with Crippen molar-refractivity contribution in [1.29, 1.82) is 0 Å². The molecule has 0 spiro atoms. The molecule has 0 radical (unpaired) electrons. The molecule has 0 bridgehead atoms. The standard InChI is InChI=1S/C25H37NO2/c1-19(17-21-7-5-4-6-8-21)23-18-22(23)10-9-20-11-14-26(15-12-20)16-13-25(2,3)24(27)28/h4-8,17,20,22-23H,9-16,18H2,1-3H3,(H,27,28)/b19-17+. The van der Waals surface area contributed by atoms with Gasteiger partial charge in [-0.1, -0.05) is 48.4 Å². The number of nitrogens with zero attached hydrogens (tertiary/aromatic N) is 1.